The van der Waals surface area contributed by atoms with Gasteiger partial charge < -0.3 is 0 Å². The van der Waals surface area contributed by atoms with Gasteiger partial charge in [-0.2, -0.15) is 5.32 Å². The summed E-state index contributed by atoms with van der Waals surface area (Å²) in [6, 6.07) is 0. The molecule has 4 unspecified atom stereocenters. The number of imide groups is 1. The number of carbonyl (C=O) groups excluding carboxylic acids is 2. The van der Waals surface area contributed by atoms with Crippen LogP contribution in [0.5, 0.6) is 0 Å². The van der Waals surface area contributed by atoms with E-state index in [-0.39, 0.29) is 10.1 Å². The van der Waals surface area contributed by atoms with E-state index in [1.54, 1.807) is 0 Å². The van der Waals surface area contributed by atoms with Crippen LogP contribution in [0, 0.1) is 11.8 Å². The van der Waals surface area contributed by atoms with Crippen LogP contribution in [0.4, 0.5) is 0 Å². The predicted octanol–water partition coefficient (Wildman–Crippen LogP) is 2.74. The summed E-state index contributed by atoms with van der Waals surface area (Å²) in [4.78, 5) is 20.1. The number of amides is 2. The lowest BCUT2D eigenvalue weighted by Crippen LogP contribution is -2.48. The first-order valence-corrected chi connectivity index (χ1v) is 7.00. The standard InChI is InChI=1S/C9H2Cl6NO2/c10-3-4(11)8(13)2-1(5(17)16-6(2)18)7(3,12)9(8,14)15/h1-2H. The monoisotopic (exact) mass is 366 g/mol. The molecule has 18 heavy (non-hydrogen) atoms. The molecule has 0 aromatic heterocycles. The summed E-state index contributed by atoms with van der Waals surface area (Å²) in [7, 11) is 0. The molecule has 9 heteroatoms. The first-order chi connectivity index (χ1) is 8.11. The van der Waals surface area contributed by atoms with Gasteiger partial charge in [0, 0.05) is 0 Å². The Bertz CT molecular complexity index is 501. The number of hydrogen-bond acceptors (Lipinski definition) is 2. The van der Waals surface area contributed by atoms with Gasteiger partial charge in [0.25, 0.3) is 11.8 Å². The lowest BCUT2D eigenvalue weighted by molar-refractivity contribution is -0.127. The zero-order valence-corrected chi connectivity index (χ0v) is 12.7. The normalized spacial score (nSPS) is 48.8. The highest BCUT2D eigenvalue weighted by atomic mass is 35.5. The van der Waals surface area contributed by atoms with Crippen LogP contribution in [0.2, 0.25) is 0 Å². The van der Waals surface area contributed by atoms with Crippen LogP contribution >= 0.6 is 69.6 Å². The molecule has 97 valence electrons. The van der Waals surface area contributed by atoms with Gasteiger partial charge in [0.15, 0.2) is 4.33 Å². The van der Waals surface area contributed by atoms with E-state index in [4.69, 9.17) is 69.6 Å². The number of fused-ring (bicyclic) bond motifs is 5. The number of nitrogens with zero attached hydrogens (tertiary/aromatic N) is 1. The lowest BCUT2D eigenvalue weighted by atomic mass is 9.84. The smallest absolute Gasteiger partial charge is 0.255 e. The Morgan fingerprint density at radius 2 is 1.17 bits per heavy atom. The molecule has 1 aliphatic heterocycles. The van der Waals surface area contributed by atoms with E-state index in [2.05, 4.69) is 5.32 Å². The van der Waals surface area contributed by atoms with Crippen molar-refractivity contribution in [2.24, 2.45) is 11.8 Å². The van der Waals surface area contributed by atoms with Gasteiger partial charge in [-0.15, -0.1) is 23.2 Å². The fraction of sp³-hybridized carbons (Fsp3) is 0.556. The van der Waals surface area contributed by atoms with E-state index in [1.807, 2.05) is 0 Å². The Morgan fingerprint density at radius 1 is 0.833 bits per heavy atom. The summed E-state index contributed by atoms with van der Waals surface area (Å²) in [5.74, 6) is -3.63. The zero-order valence-electron chi connectivity index (χ0n) is 8.19. The Balaban J connectivity index is 2.37. The predicted molar refractivity (Wildman–Crippen MR) is 69.5 cm³/mol. The molecule has 0 N–H and O–H groups in total. The van der Waals surface area contributed by atoms with Crippen LogP contribution in [-0.4, -0.2) is 25.9 Å². The van der Waals surface area contributed by atoms with E-state index in [1.165, 1.54) is 0 Å². The molecule has 1 radical (unpaired) electrons. The SMILES string of the molecule is O=C1[N]C(=O)C2C1C1(Cl)C(Cl)=C(Cl)C2(Cl)C1(Cl)Cl. The van der Waals surface area contributed by atoms with Crippen molar-refractivity contribution < 1.29 is 9.59 Å². The van der Waals surface area contributed by atoms with Gasteiger partial charge in [-0.3, -0.25) is 9.59 Å². The molecule has 3 nitrogen and oxygen atoms in total. The molecule has 2 bridgehead atoms. The molecular weight excluding hydrogens is 367 g/mol. The fourth-order valence-corrected chi connectivity index (χ4v) is 5.79. The highest BCUT2D eigenvalue weighted by Crippen LogP contribution is 2.77. The van der Waals surface area contributed by atoms with Gasteiger partial charge in [0.05, 0.1) is 21.9 Å². The molecule has 1 saturated heterocycles. The molecule has 3 aliphatic rings. The molecule has 3 rings (SSSR count). The number of allylic oxidation sites excluding steroid dienone is 2. The molecule has 2 fully saturated rings. The Labute approximate surface area is 132 Å². The van der Waals surface area contributed by atoms with Crippen LogP contribution in [-0.2, 0) is 9.59 Å². The number of hydrogen-bond donors (Lipinski definition) is 0. The van der Waals surface area contributed by atoms with E-state index in [0.717, 1.165) is 0 Å². The minimum Gasteiger partial charge on any atom is -0.272 e. The molecular formula is C9H2Cl6NO2. The second-order valence-electron chi connectivity index (χ2n) is 4.37. The number of rotatable bonds is 0. The molecule has 4 atom stereocenters. The van der Waals surface area contributed by atoms with E-state index < -0.39 is 37.7 Å². The van der Waals surface area contributed by atoms with E-state index >= 15 is 0 Å². The molecule has 1 heterocycles. The highest BCUT2D eigenvalue weighted by molar-refractivity contribution is 6.66. The van der Waals surface area contributed by atoms with Gasteiger partial charge in [0.1, 0.15) is 9.75 Å². The topological polar surface area (TPSA) is 48.2 Å². The molecule has 2 amide bonds. The van der Waals surface area contributed by atoms with Crippen molar-refractivity contribution in [1.29, 1.82) is 0 Å². The van der Waals surface area contributed by atoms with Crippen LogP contribution in [0.1, 0.15) is 0 Å². The second-order valence-corrected chi connectivity index (χ2v) is 7.65. The lowest BCUT2D eigenvalue weighted by Gasteiger charge is -2.32. The highest BCUT2D eigenvalue weighted by Gasteiger charge is 2.87. The summed E-state index contributed by atoms with van der Waals surface area (Å²) in [6.07, 6.45) is 0. The number of halogens is 6. The quantitative estimate of drug-likeness (QED) is 0.487. The minimum atomic E-state index is -1.87. The Kier molecular flexibility index (Phi) is 2.60. The van der Waals surface area contributed by atoms with Crippen molar-refractivity contribution in [3.8, 4) is 0 Å². The summed E-state index contributed by atoms with van der Waals surface area (Å²) >= 11 is 37.0. The maximum atomic E-state index is 11.8. The molecule has 2 aliphatic carbocycles. The molecule has 0 spiro atoms. The Morgan fingerprint density at radius 3 is 1.50 bits per heavy atom. The summed E-state index contributed by atoms with van der Waals surface area (Å²) in [5.41, 5.74) is 0. The van der Waals surface area contributed by atoms with Crippen molar-refractivity contribution in [2.75, 3.05) is 0 Å². The fourth-order valence-electron chi connectivity index (χ4n) is 2.86. The third kappa shape index (κ3) is 1.03. The maximum absolute atomic E-state index is 11.8. The van der Waals surface area contributed by atoms with Crippen LogP contribution in [0.15, 0.2) is 10.1 Å². The van der Waals surface area contributed by atoms with E-state index in [9.17, 15) is 9.59 Å². The van der Waals surface area contributed by atoms with E-state index in [0.29, 0.717) is 0 Å². The Hall–Kier alpha value is 0.620. The molecule has 0 aromatic carbocycles. The molecule has 0 aromatic rings. The average molecular weight is 369 g/mol. The number of carbonyl (C=O) groups is 2. The van der Waals surface area contributed by atoms with Crippen molar-refractivity contribution in [1.82, 2.24) is 5.32 Å². The third-order valence-electron chi connectivity index (χ3n) is 3.69. The van der Waals surface area contributed by atoms with Crippen molar-refractivity contribution >= 4 is 81.4 Å². The van der Waals surface area contributed by atoms with Gasteiger partial charge in [-0.1, -0.05) is 46.4 Å². The minimum absolute atomic E-state index is 0.106. The average Bonchev–Trinajstić information content (AvgIpc) is 2.68. The largest absolute Gasteiger partial charge is 0.272 e. The zero-order chi connectivity index (χ0) is 13.7. The third-order valence-corrected chi connectivity index (χ3v) is 7.95. The summed E-state index contributed by atoms with van der Waals surface area (Å²) < 4.78 is -1.87. The van der Waals surface area contributed by atoms with Gasteiger partial charge in [-0.05, 0) is 0 Å². The van der Waals surface area contributed by atoms with Gasteiger partial charge >= 0.3 is 0 Å². The van der Waals surface area contributed by atoms with Gasteiger partial charge in [0.2, 0.25) is 0 Å². The molecule has 1 saturated carbocycles. The van der Waals surface area contributed by atoms with Gasteiger partial charge in [-0.25, -0.2) is 0 Å². The van der Waals surface area contributed by atoms with Crippen LogP contribution in [0.25, 0.3) is 0 Å². The van der Waals surface area contributed by atoms with Crippen molar-refractivity contribution in [3.63, 3.8) is 0 Å². The first-order valence-electron chi connectivity index (χ1n) is 4.73. The summed E-state index contributed by atoms with van der Waals surface area (Å²) in [5, 5.41) is 3.12. The second kappa shape index (κ2) is 3.44. The van der Waals surface area contributed by atoms with Crippen molar-refractivity contribution in [2.45, 2.75) is 14.1 Å². The number of alkyl halides is 4. The first kappa shape index (κ1) is 13.6. The van der Waals surface area contributed by atoms with Crippen LogP contribution in [0.3, 0.4) is 0 Å². The maximum Gasteiger partial charge on any atom is 0.255 e. The van der Waals surface area contributed by atoms with Crippen molar-refractivity contribution in [3.05, 3.63) is 10.1 Å². The summed E-state index contributed by atoms with van der Waals surface area (Å²) in [6.45, 7) is 0. The van der Waals surface area contributed by atoms with Crippen LogP contribution < -0.4 is 5.32 Å².